The van der Waals surface area contributed by atoms with Gasteiger partial charge in [-0.15, -0.1) is 0 Å². The maximum atomic E-state index is 11.2. The Bertz CT molecular complexity index is 2370. The summed E-state index contributed by atoms with van der Waals surface area (Å²) >= 11 is 0. The van der Waals surface area contributed by atoms with Gasteiger partial charge in [-0.2, -0.15) is 0 Å². The maximum Gasteiger partial charge on any atom is 1.00 e. The number of benzene rings is 4. The van der Waals surface area contributed by atoms with Gasteiger partial charge in [-0.1, -0.05) is 12.1 Å². The molecular weight excluding hydrogens is 859 g/mol. The maximum absolute atomic E-state index is 11.2. The van der Waals surface area contributed by atoms with E-state index in [4.69, 9.17) is 0 Å². The van der Waals surface area contributed by atoms with Gasteiger partial charge in [0.1, 0.15) is 60.7 Å². The Morgan fingerprint density at radius 1 is 0.280 bits per heavy atom. The molecule has 0 aliphatic rings. The molecule has 0 unspecified atom stereocenters. The second kappa shape index (κ2) is 21.6. The molecule has 0 N–H and O–H groups in total. The molecule has 0 spiro atoms. The van der Waals surface area contributed by atoms with Gasteiger partial charge in [0.25, 0.3) is 0 Å². The molecule has 0 atom stereocenters. The summed E-state index contributed by atoms with van der Waals surface area (Å²) in [4.78, 5) is -5.31. The predicted molar refractivity (Wildman–Crippen MR) is 136 cm³/mol. The van der Waals surface area contributed by atoms with Crippen molar-refractivity contribution in [3.8, 4) is 0 Å². The van der Waals surface area contributed by atoms with Gasteiger partial charge in [0.15, 0.2) is 0 Å². The molecule has 4 aromatic carbocycles. The Balaban J connectivity index is -0.000000378. The summed E-state index contributed by atoms with van der Waals surface area (Å²) in [6.45, 7) is 0. The van der Waals surface area contributed by atoms with E-state index in [1.807, 2.05) is 0 Å². The Morgan fingerprint density at radius 2 is 0.480 bits per heavy atom. The molecule has 0 aromatic heterocycles. The van der Waals surface area contributed by atoms with Crippen LogP contribution in [-0.2, 0) is 60.7 Å². The quantitative estimate of drug-likeness (QED) is 0.128. The van der Waals surface area contributed by atoms with Crippen molar-refractivity contribution in [2.45, 2.75) is 29.4 Å². The van der Waals surface area contributed by atoms with Gasteiger partial charge in [-0.25, -0.2) is 50.5 Å². The fourth-order valence-electron chi connectivity index (χ4n) is 3.73. The van der Waals surface area contributed by atoms with Crippen LogP contribution in [0.2, 0.25) is 0 Å². The van der Waals surface area contributed by atoms with Crippen molar-refractivity contribution in [1.82, 2.24) is 0 Å². The van der Waals surface area contributed by atoms with Crippen molar-refractivity contribution in [2.75, 3.05) is 0 Å². The average molecular weight is 869 g/mol. The summed E-state index contributed by atoms with van der Waals surface area (Å²) in [5, 5.41) is -2.22. The van der Waals surface area contributed by atoms with Gasteiger partial charge in [0, 0.05) is 21.5 Å². The molecule has 240 valence electrons. The molecular formula is C20H10Na6O18S6. The molecule has 50 heavy (non-hydrogen) atoms. The Morgan fingerprint density at radius 3 is 0.660 bits per heavy atom. The topological polar surface area (TPSA) is 343 Å². The summed E-state index contributed by atoms with van der Waals surface area (Å²) in [6, 6.07) is 6.43. The van der Waals surface area contributed by atoms with Crippen LogP contribution in [-0.4, -0.2) is 77.8 Å². The van der Waals surface area contributed by atoms with E-state index in [-0.39, 0.29) is 177 Å². The van der Waals surface area contributed by atoms with Crippen LogP contribution in [0.15, 0.2) is 90.0 Å². The van der Waals surface area contributed by atoms with Gasteiger partial charge >= 0.3 is 177 Å². The van der Waals surface area contributed by atoms with Crippen molar-refractivity contribution in [2.24, 2.45) is 0 Å². The van der Waals surface area contributed by atoms with Crippen LogP contribution in [0.4, 0.5) is 0 Å². The third-order valence-corrected chi connectivity index (χ3v) is 10.7. The Kier molecular flexibility index (Phi) is 25.7. The van der Waals surface area contributed by atoms with E-state index in [0.29, 0.717) is 48.5 Å². The zero-order valence-electron chi connectivity index (χ0n) is 26.6. The standard InChI is InChI=1S/2C10H8O9S3.6Na/c2*11-20(12,13)6-1-2-7-8(5-6)10(22(17,18)19)4-3-9(7)21(14,15)16;;;;;;/h2*1-5H,(H,11,12,13)(H,14,15,16)(H,17,18,19);;;;;;/q;;6*+1/p-6. The number of hydrogen-bond acceptors (Lipinski definition) is 18. The molecule has 0 aliphatic heterocycles. The molecule has 0 heterocycles. The molecule has 30 heteroatoms. The van der Waals surface area contributed by atoms with Crippen molar-refractivity contribution in [1.29, 1.82) is 0 Å². The third kappa shape index (κ3) is 15.3. The number of hydrogen-bond donors (Lipinski definition) is 0. The van der Waals surface area contributed by atoms with E-state index < -0.39 is 112 Å². The van der Waals surface area contributed by atoms with Crippen molar-refractivity contribution < 1.29 is 255 Å². The average Bonchev–Trinajstić information content (AvgIpc) is 2.83. The fraction of sp³-hybridized carbons (Fsp3) is 0. The van der Waals surface area contributed by atoms with Gasteiger partial charge in [-0.3, -0.25) is 0 Å². The van der Waals surface area contributed by atoms with E-state index in [1.54, 1.807) is 0 Å². The van der Waals surface area contributed by atoms with Gasteiger partial charge in [0.2, 0.25) is 0 Å². The van der Waals surface area contributed by atoms with E-state index in [1.165, 1.54) is 0 Å². The minimum Gasteiger partial charge on any atom is -0.744 e. The molecule has 0 amide bonds. The van der Waals surface area contributed by atoms with E-state index >= 15 is 0 Å². The fourth-order valence-corrected chi connectivity index (χ4v) is 7.43. The van der Waals surface area contributed by atoms with E-state index in [2.05, 4.69) is 0 Å². The van der Waals surface area contributed by atoms with Gasteiger partial charge in [0.05, 0.1) is 29.4 Å². The first-order valence-electron chi connectivity index (χ1n) is 10.5. The smallest absolute Gasteiger partial charge is 0.744 e. The van der Waals surface area contributed by atoms with Crippen molar-refractivity contribution in [3.63, 3.8) is 0 Å². The van der Waals surface area contributed by atoms with Crippen molar-refractivity contribution in [3.05, 3.63) is 60.7 Å². The first kappa shape index (κ1) is 59.6. The Labute approximate surface area is 419 Å². The van der Waals surface area contributed by atoms with E-state index in [9.17, 15) is 77.8 Å². The largest absolute Gasteiger partial charge is 1.00 e. The predicted octanol–water partition coefficient (Wildman–Crippen LogP) is -18.9. The Hall–Kier alpha value is 2.86. The minimum atomic E-state index is -5.10. The SMILES string of the molecule is O=S(=O)([O-])c1ccc2c(S(=O)(=O)[O-])ccc(S(=O)(=O)[O-])c2c1.O=S(=O)([O-])c1ccc2c(S(=O)(=O)[O-])ccc(S(=O)(=O)[O-])c2c1.[Na+].[Na+].[Na+].[Na+].[Na+].[Na+]. The minimum absolute atomic E-state index is 0. The first-order chi connectivity index (χ1) is 19.6. The number of fused-ring (bicyclic) bond motifs is 2. The first-order valence-corrected chi connectivity index (χ1v) is 19.0. The van der Waals surface area contributed by atoms with Crippen LogP contribution in [0.5, 0.6) is 0 Å². The zero-order chi connectivity index (χ0) is 33.8. The summed E-state index contributed by atoms with van der Waals surface area (Å²) in [5.41, 5.74) is 0. The van der Waals surface area contributed by atoms with E-state index in [0.717, 1.165) is 12.1 Å². The summed E-state index contributed by atoms with van der Waals surface area (Å²) in [5.74, 6) is 0. The van der Waals surface area contributed by atoms with Gasteiger partial charge < -0.3 is 27.3 Å². The van der Waals surface area contributed by atoms with Crippen LogP contribution in [0.1, 0.15) is 0 Å². The molecule has 4 rings (SSSR count). The second-order valence-electron chi connectivity index (χ2n) is 8.26. The van der Waals surface area contributed by atoms with Crippen LogP contribution in [0, 0.1) is 0 Å². The van der Waals surface area contributed by atoms with Gasteiger partial charge in [-0.05, 0) is 48.5 Å². The molecule has 0 bridgehead atoms. The van der Waals surface area contributed by atoms with Crippen LogP contribution in [0.3, 0.4) is 0 Å². The van der Waals surface area contributed by atoms with Crippen LogP contribution < -0.4 is 177 Å². The van der Waals surface area contributed by atoms with Crippen LogP contribution >= 0.6 is 0 Å². The van der Waals surface area contributed by atoms with Crippen molar-refractivity contribution >= 4 is 82.3 Å². The summed E-state index contributed by atoms with van der Waals surface area (Å²) in [7, 11) is -30.2. The molecule has 4 aromatic rings. The third-order valence-electron chi connectivity index (χ3n) is 5.47. The summed E-state index contributed by atoms with van der Waals surface area (Å²) in [6.07, 6.45) is 0. The van der Waals surface area contributed by atoms with Crippen LogP contribution in [0.25, 0.3) is 21.5 Å². The molecule has 18 nitrogen and oxygen atoms in total. The zero-order valence-corrected chi connectivity index (χ0v) is 43.5. The summed E-state index contributed by atoms with van der Waals surface area (Å²) < 4.78 is 199. The molecule has 0 fully saturated rings. The molecule has 0 radical (unpaired) electrons. The normalized spacial score (nSPS) is 11.8. The second-order valence-corrected chi connectivity index (χ2v) is 16.4. The monoisotopic (exact) mass is 868 g/mol. The number of rotatable bonds is 6. The molecule has 0 saturated heterocycles. The molecule has 0 saturated carbocycles. The molecule has 0 aliphatic carbocycles.